The van der Waals surface area contributed by atoms with Crippen LogP contribution in [-0.4, -0.2) is 21.5 Å². The van der Waals surface area contributed by atoms with Crippen LogP contribution >= 0.6 is 15.9 Å². The molecule has 0 radical (unpaired) electrons. The van der Waals surface area contributed by atoms with Crippen LogP contribution < -0.4 is 5.32 Å². The Hall–Kier alpha value is -1.14. The van der Waals surface area contributed by atoms with Crippen LogP contribution in [0.3, 0.4) is 0 Å². The van der Waals surface area contributed by atoms with E-state index in [1.165, 1.54) is 0 Å². The predicted octanol–water partition coefficient (Wildman–Crippen LogP) is 1.95. The van der Waals surface area contributed by atoms with Gasteiger partial charge in [0, 0.05) is 7.05 Å². The lowest BCUT2D eigenvalue weighted by Gasteiger charge is -1.98. The molecule has 0 aliphatic rings. The normalized spacial score (nSPS) is 10.9. The molecule has 2 heterocycles. The van der Waals surface area contributed by atoms with Crippen molar-refractivity contribution in [2.45, 2.75) is 13.5 Å². The molecule has 0 aliphatic heterocycles. The molecule has 5 nitrogen and oxygen atoms in total. The molecule has 0 saturated carbocycles. The summed E-state index contributed by atoms with van der Waals surface area (Å²) in [4.78, 5) is 0. The summed E-state index contributed by atoms with van der Waals surface area (Å²) >= 11 is 3.35. The summed E-state index contributed by atoms with van der Waals surface area (Å²) in [5.74, 6) is 1.68. The molecule has 0 bridgehead atoms. The minimum absolute atomic E-state index is 0.694. The average Bonchev–Trinajstić information content (AvgIpc) is 2.83. The van der Waals surface area contributed by atoms with E-state index in [0.29, 0.717) is 4.60 Å². The molecule has 0 amide bonds. The van der Waals surface area contributed by atoms with Gasteiger partial charge in [-0.05, 0) is 34.6 Å². The second-order valence-electron chi connectivity index (χ2n) is 3.40. The topological polar surface area (TPSA) is 55.9 Å². The van der Waals surface area contributed by atoms with Gasteiger partial charge in [0.05, 0.1) is 6.54 Å². The number of halogens is 1. The fourth-order valence-corrected chi connectivity index (χ4v) is 1.96. The highest BCUT2D eigenvalue weighted by molar-refractivity contribution is 9.10. The standard InChI is InChI=1S/C10H13BrN4O/c1-3-12-6-7-4-5-8(16-7)9-10(11)13-14-15(9)2/h4-5,12H,3,6H2,1-2H3. The Morgan fingerprint density at radius 2 is 2.31 bits per heavy atom. The Morgan fingerprint density at radius 1 is 1.50 bits per heavy atom. The molecule has 2 aromatic heterocycles. The minimum Gasteiger partial charge on any atom is -0.458 e. The lowest BCUT2D eigenvalue weighted by molar-refractivity contribution is 0.494. The van der Waals surface area contributed by atoms with Gasteiger partial charge in [0.25, 0.3) is 0 Å². The second-order valence-corrected chi connectivity index (χ2v) is 4.15. The van der Waals surface area contributed by atoms with Crippen LogP contribution in [0.5, 0.6) is 0 Å². The number of furan rings is 1. The number of nitrogens with zero attached hydrogens (tertiary/aromatic N) is 3. The molecule has 2 aromatic rings. The Balaban J connectivity index is 2.25. The van der Waals surface area contributed by atoms with Gasteiger partial charge in [0.1, 0.15) is 11.5 Å². The number of nitrogens with one attached hydrogen (secondary N) is 1. The van der Waals surface area contributed by atoms with Gasteiger partial charge in [0.2, 0.25) is 0 Å². The van der Waals surface area contributed by atoms with Crippen LogP contribution in [-0.2, 0) is 13.6 Å². The number of hydrogen-bond acceptors (Lipinski definition) is 4. The largest absolute Gasteiger partial charge is 0.458 e. The molecular formula is C10H13BrN4O. The molecule has 0 unspecified atom stereocenters. The van der Waals surface area contributed by atoms with Crippen molar-refractivity contribution in [1.29, 1.82) is 0 Å². The molecule has 1 N–H and O–H groups in total. The molecule has 0 aromatic carbocycles. The van der Waals surface area contributed by atoms with E-state index in [-0.39, 0.29) is 0 Å². The molecule has 86 valence electrons. The first kappa shape index (κ1) is 11.3. The summed E-state index contributed by atoms with van der Waals surface area (Å²) in [6.45, 7) is 3.72. The van der Waals surface area contributed by atoms with Crippen molar-refractivity contribution in [3.63, 3.8) is 0 Å². The highest BCUT2D eigenvalue weighted by Crippen LogP contribution is 2.27. The van der Waals surface area contributed by atoms with E-state index in [1.807, 2.05) is 19.2 Å². The zero-order valence-electron chi connectivity index (χ0n) is 9.20. The maximum atomic E-state index is 5.70. The molecular weight excluding hydrogens is 272 g/mol. The van der Waals surface area contributed by atoms with Gasteiger partial charge in [0.15, 0.2) is 10.4 Å². The zero-order valence-corrected chi connectivity index (χ0v) is 10.8. The molecule has 0 atom stereocenters. The third-order valence-electron chi connectivity index (χ3n) is 2.23. The van der Waals surface area contributed by atoms with Gasteiger partial charge in [-0.2, -0.15) is 0 Å². The van der Waals surface area contributed by atoms with Gasteiger partial charge in [-0.15, -0.1) is 5.10 Å². The highest BCUT2D eigenvalue weighted by atomic mass is 79.9. The SMILES string of the molecule is CCNCc1ccc(-c2c(Br)nnn2C)o1. The first-order chi connectivity index (χ1) is 7.72. The highest BCUT2D eigenvalue weighted by Gasteiger charge is 2.14. The van der Waals surface area contributed by atoms with Crippen molar-refractivity contribution in [2.24, 2.45) is 7.05 Å². The third kappa shape index (κ3) is 2.17. The number of aryl methyl sites for hydroxylation is 1. The summed E-state index contributed by atoms with van der Waals surface area (Å²) in [7, 11) is 1.83. The molecule has 0 aliphatic carbocycles. The molecule has 0 fully saturated rings. The Morgan fingerprint density at radius 3 is 2.94 bits per heavy atom. The van der Waals surface area contributed by atoms with E-state index in [0.717, 1.165) is 30.3 Å². The van der Waals surface area contributed by atoms with Crippen LogP contribution in [0, 0.1) is 0 Å². The van der Waals surface area contributed by atoms with Gasteiger partial charge < -0.3 is 9.73 Å². The first-order valence-electron chi connectivity index (χ1n) is 5.07. The van der Waals surface area contributed by atoms with Crippen LogP contribution in [0.1, 0.15) is 12.7 Å². The fourth-order valence-electron chi connectivity index (χ4n) is 1.44. The van der Waals surface area contributed by atoms with Crippen molar-refractivity contribution < 1.29 is 4.42 Å². The Kier molecular flexibility index (Phi) is 3.40. The van der Waals surface area contributed by atoms with Crippen molar-refractivity contribution >= 4 is 15.9 Å². The Labute approximate surface area is 102 Å². The lowest BCUT2D eigenvalue weighted by atomic mass is 10.3. The quantitative estimate of drug-likeness (QED) is 0.932. The summed E-state index contributed by atoms with van der Waals surface area (Å²) in [6, 6.07) is 3.88. The van der Waals surface area contributed by atoms with Gasteiger partial charge in [-0.1, -0.05) is 12.1 Å². The van der Waals surface area contributed by atoms with E-state index in [2.05, 4.69) is 38.5 Å². The zero-order chi connectivity index (χ0) is 11.5. The maximum Gasteiger partial charge on any atom is 0.159 e. The van der Waals surface area contributed by atoms with Gasteiger partial charge in [-0.3, -0.25) is 0 Å². The van der Waals surface area contributed by atoms with Crippen LogP contribution in [0.25, 0.3) is 11.5 Å². The fraction of sp³-hybridized carbons (Fsp3) is 0.400. The minimum atomic E-state index is 0.694. The van der Waals surface area contributed by atoms with Crippen LogP contribution in [0.2, 0.25) is 0 Å². The van der Waals surface area contributed by atoms with Crippen LogP contribution in [0.4, 0.5) is 0 Å². The lowest BCUT2D eigenvalue weighted by Crippen LogP contribution is -2.10. The van der Waals surface area contributed by atoms with Crippen LogP contribution in [0.15, 0.2) is 21.2 Å². The number of hydrogen-bond donors (Lipinski definition) is 1. The average molecular weight is 285 g/mol. The van der Waals surface area contributed by atoms with E-state index in [1.54, 1.807) is 4.68 Å². The van der Waals surface area contributed by atoms with Gasteiger partial charge in [-0.25, -0.2) is 4.68 Å². The van der Waals surface area contributed by atoms with Crippen molar-refractivity contribution in [2.75, 3.05) is 6.54 Å². The first-order valence-corrected chi connectivity index (χ1v) is 5.86. The molecule has 0 spiro atoms. The summed E-state index contributed by atoms with van der Waals surface area (Å²) in [5, 5.41) is 11.0. The van der Waals surface area contributed by atoms with Crippen molar-refractivity contribution in [3.05, 3.63) is 22.5 Å². The van der Waals surface area contributed by atoms with E-state index >= 15 is 0 Å². The summed E-state index contributed by atoms with van der Waals surface area (Å²) in [5.41, 5.74) is 0.850. The van der Waals surface area contributed by atoms with E-state index in [4.69, 9.17) is 4.42 Å². The third-order valence-corrected chi connectivity index (χ3v) is 2.76. The smallest absolute Gasteiger partial charge is 0.159 e. The number of rotatable bonds is 4. The summed E-state index contributed by atoms with van der Waals surface area (Å²) < 4.78 is 8.07. The molecule has 0 saturated heterocycles. The summed E-state index contributed by atoms with van der Waals surface area (Å²) in [6.07, 6.45) is 0. The van der Waals surface area contributed by atoms with Gasteiger partial charge >= 0.3 is 0 Å². The second kappa shape index (κ2) is 4.80. The van der Waals surface area contributed by atoms with Crippen molar-refractivity contribution in [3.8, 4) is 11.5 Å². The maximum absolute atomic E-state index is 5.70. The molecule has 16 heavy (non-hydrogen) atoms. The van der Waals surface area contributed by atoms with E-state index < -0.39 is 0 Å². The monoisotopic (exact) mass is 284 g/mol. The molecule has 6 heteroatoms. The Bertz CT molecular complexity index is 457. The molecule has 2 rings (SSSR count). The number of aromatic nitrogens is 3. The predicted molar refractivity (Wildman–Crippen MR) is 63.8 cm³/mol. The van der Waals surface area contributed by atoms with Crippen molar-refractivity contribution in [1.82, 2.24) is 20.3 Å². The van der Waals surface area contributed by atoms with E-state index in [9.17, 15) is 0 Å².